The second-order valence-corrected chi connectivity index (χ2v) is 8.28. The maximum absolute atomic E-state index is 12.7. The van der Waals surface area contributed by atoms with Gasteiger partial charge in [-0.1, -0.05) is 29.3 Å². The van der Waals surface area contributed by atoms with Crippen molar-refractivity contribution < 1.29 is 14.3 Å². The zero-order valence-corrected chi connectivity index (χ0v) is 15.2. The highest BCUT2D eigenvalue weighted by Crippen LogP contribution is 2.44. The fourth-order valence-electron chi connectivity index (χ4n) is 4.66. The lowest BCUT2D eigenvalue weighted by molar-refractivity contribution is -0.143. The molecule has 0 bridgehead atoms. The van der Waals surface area contributed by atoms with Crippen molar-refractivity contribution in [1.82, 2.24) is 10.2 Å². The predicted octanol–water partition coefficient (Wildman–Crippen LogP) is 2.90. The van der Waals surface area contributed by atoms with Gasteiger partial charge in [-0.15, -0.1) is 0 Å². The molecule has 2 amide bonds. The smallest absolute Gasteiger partial charge is 0.407 e. The number of cyclic esters (lactones) is 1. The highest BCUT2D eigenvalue weighted by molar-refractivity contribution is 5.81. The third-order valence-electron chi connectivity index (χ3n) is 6.19. The van der Waals surface area contributed by atoms with Crippen molar-refractivity contribution in [3.05, 3.63) is 34.9 Å². The molecule has 1 aliphatic heterocycles. The lowest BCUT2D eigenvalue weighted by Gasteiger charge is -2.47. The minimum Gasteiger partial charge on any atom is -0.447 e. The minimum absolute atomic E-state index is 0.0206. The van der Waals surface area contributed by atoms with Crippen LogP contribution in [0.15, 0.2) is 18.2 Å². The van der Waals surface area contributed by atoms with Gasteiger partial charge < -0.3 is 15.0 Å². The van der Waals surface area contributed by atoms with Crippen LogP contribution in [0.25, 0.3) is 0 Å². The Morgan fingerprint density at radius 1 is 1.20 bits per heavy atom. The molecule has 1 spiro atoms. The summed E-state index contributed by atoms with van der Waals surface area (Å²) in [6.07, 6.45) is 3.14. The monoisotopic (exact) mass is 342 g/mol. The number of carbonyl (C=O) groups is 2. The molecule has 4 rings (SSSR count). The van der Waals surface area contributed by atoms with Gasteiger partial charge in [-0.3, -0.25) is 4.79 Å². The maximum atomic E-state index is 12.7. The van der Waals surface area contributed by atoms with Crippen LogP contribution in [0.1, 0.15) is 48.3 Å². The molecule has 2 aliphatic carbocycles. The van der Waals surface area contributed by atoms with Crippen LogP contribution >= 0.6 is 0 Å². The van der Waals surface area contributed by atoms with E-state index in [-0.39, 0.29) is 23.5 Å². The largest absolute Gasteiger partial charge is 0.447 e. The zero-order valence-electron chi connectivity index (χ0n) is 15.2. The molecule has 0 atom stereocenters. The summed E-state index contributed by atoms with van der Waals surface area (Å²) in [5.41, 5.74) is 3.74. The number of amides is 2. The van der Waals surface area contributed by atoms with E-state index in [0.29, 0.717) is 31.4 Å². The Morgan fingerprint density at radius 2 is 1.84 bits per heavy atom. The molecule has 134 valence electrons. The molecule has 5 heteroatoms. The second-order valence-electron chi connectivity index (χ2n) is 8.28. The standard InChI is InChI=1S/C20H26N2O3/c1-12-4-13(2)6-14(5-12)15-7-17(8-15)22(3)18(23)16-9-20(10-16)11-25-19(24)21-20/h4-6,15-17H,7-11H2,1-3H3,(H,21,24). The first kappa shape index (κ1) is 16.4. The summed E-state index contributed by atoms with van der Waals surface area (Å²) in [4.78, 5) is 25.9. The molecule has 3 fully saturated rings. The summed E-state index contributed by atoms with van der Waals surface area (Å²) in [5.74, 6) is 0.803. The van der Waals surface area contributed by atoms with Crippen molar-refractivity contribution in [3.63, 3.8) is 0 Å². The third kappa shape index (κ3) is 2.90. The number of nitrogens with one attached hydrogen (secondary N) is 1. The summed E-state index contributed by atoms with van der Waals surface area (Å²) >= 11 is 0. The Labute approximate surface area is 148 Å². The van der Waals surface area contributed by atoms with Crippen LogP contribution in [0.5, 0.6) is 0 Å². The number of hydrogen-bond donors (Lipinski definition) is 1. The fraction of sp³-hybridized carbons (Fsp3) is 0.600. The third-order valence-corrected chi connectivity index (χ3v) is 6.19. The van der Waals surface area contributed by atoms with Crippen LogP contribution in [0.3, 0.4) is 0 Å². The fourth-order valence-corrected chi connectivity index (χ4v) is 4.66. The van der Waals surface area contributed by atoms with Crippen molar-refractivity contribution in [2.45, 2.75) is 57.0 Å². The van der Waals surface area contributed by atoms with Crippen LogP contribution in [0, 0.1) is 19.8 Å². The lowest BCUT2D eigenvalue weighted by Crippen LogP contribution is -2.59. The normalized spacial score (nSPS) is 33.2. The van der Waals surface area contributed by atoms with E-state index in [1.165, 1.54) is 16.7 Å². The number of ether oxygens (including phenoxy) is 1. The molecule has 1 N–H and O–H groups in total. The first-order chi connectivity index (χ1) is 11.8. The van der Waals surface area contributed by atoms with E-state index in [4.69, 9.17) is 4.74 Å². The van der Waals surface area contributed by atoms with Crippen LogP contribution in [-0.2, 0) is 9.53 Å². The van der Waals surface area contributed by atoms with Gasteiger partial charge in [-0.2, -0.15) is 0 Å². The number of alkyl carbamates (subject to hydrolysis) is 1. The van der Waals surface area contributed by atoms with Gasteiger partial charge in [-0.25, -0.2) is 4.79 Å². The summed E-state index contributed by atoms with van der Waals surface area (Å²) in [7, 11) is 1.93. The molecule has 1 heterocycles. The first-order valence-electron chi connectivity index (χ1n) is 9.15. The van der Waals surface area contributed by atoms with Gasteiger partial charge in [0.25, 0.3) is 0 Å². The molecule has 1 aromatic carbocycles. The highest BCUT2D eigenvalue weighted by Gasteiger charge is 2.53. The number of carbonyl (C=O) groups excluding carboxylic acids is 2. The number of hydrogen-bond acceptors (Lipinski definition) is 3. The number of aryl methyl sites for hydroxylation is 2. The van der Waals surface area contributed by atoms with Gasteiger partial charge >= 0.3 is 6.09 Å². The van der Waals surface area contributed by atoms with Gasteiger partial charge in [0, 0.05) is 19.0 Å². The molecular formula is C20H26N2O3. The molecule has 3 aliphatic rings. The van der Waals surface area contributed by atoms with E-state index in [9.17, 15) is 9.59 Å². The average molecular weight is 342 g/mol. The molecule has 5 nitrogen and oxygen atoms in total. The Kier molecular flexibility index (Phi) is 3.78. The first-order valence-corrected chi connectivity index (χ1v) is 9.15. The minimum atomic E-state index is -0.352. The SMILES string of the molecule is Cc1cc(C)cc(C2CC(N(C)C(=O)C3CC4(COC(=O)N4)C3)C2)c1. The number of rotatable bonds is 3. The lowest BCUT2D eigenvalue weighted by atomic mass is 9.67. The van der Waals surface area contributed by atoms with Gasteiger partial charge in [0.15, 0.2) is 0 Å². The molecule has 0 radical (unpaired) electrons. The van der Waals surface area contributed by atoms with E-state index in [1.54, 1.807) is 0 Å². The van der Waals surface area contributed by atoms with E-state index in [1.807, 2.05) is 11.9 Å². The van der Waals surface area contributed by atoms with Gasteiger partial charge in [-0.05, 0) is 51.0 Å². The van der Waals surface area contributed by atoms with Crippen molar-refractivity contribution in [2.24, 2.45) is 5.92 Å². The van der Waals surface area contributed by atoms with Crippen molar-refractivity contribution in [1.29, 1.82) is 0 Å². The quantitative estimate of drug-likeness (QED) is 0.919. The van der Waals surface area contributed by atoms with Crippen molar-refractivity contribution >= 4 is 12.0 Å². The second kappa shape index (κ2) is 5.75. The van der Waals surface area contributed by atoms with E-state index >= 15 is 0 Å². The maximum Gasteiger partial charge on any atom is 0.407 e. The van der Waals surface area contributed by atoms with Crippen LogP contribution in [0.2, 0.25) is 0 Å². The summed E-state index contributed by atoms with van der Waals surface area (Å²) < 4.78 is 4.99. The Morgan fingerprint density at radius 3 is 2.40 bits per heavy atom. The van der Waals surface area contributed by atoms with E-state index in [0.717, 1.165) is 12.8 Å². The Hall–Kier alpha value is -2.04. The number of benzene rings is 1. The average Bonchev–Trinajstić information content (AvgIpc) is 2.84. The molecule has 25 heavy (non-hydrogen) atoms. The Bertz CT molecular complexity index is 697. The van der Waals surface area contributed by atoms with Gasteiger partial charge in [0.2, 0.25) is 5.91 Å². The summed E-state index contributed by atoms with van der Waals surface area (Å²) in [6.45, 7) is 4.68. The van der Waals surface area contributed by atoms with Crippen LogP contribution in [-0.4, -0.2) is 42.1 Å². The van der Waals surface area contributed by atoms with Crippen molar-refractivity contribution in [3.8, 4) is 0 Å². The molecule has 1 saturated heterocycles. The van der Waals surface area contributed by atoms with Gasteiger partial charge in [0.05, 0.1) is 5.54 Å². The molecule has 0 unspecified atom stereocenters. The molecular weight excluding hydrogens is 316 g/mol. The molecule has 1 aromatic rings. The topological polar surface area (TPSA) is 58.6 Å². The molecule has 0 aromatic heterocycles. The summed E-state index contributed by atoms with van der Waals surface area (Å²) in [6, 6.07) is 7.08. The van der Waals surface area contributed by atoms with Crippen molar-refractivity contribution in [2.75, 3.05) is 13.7 Å². The summed E-state index contributed by atoms with van der Waals surface area (Å²) in [5, 5.41) is 2.85. The van der Waals surface area contributed by atoms with E-state index < -0.39 is 0 Å². The Balaban J connectivity index is 1.30. The number of nitrogens with zero attached hydrogens (tertiary/aromatic N) is 1. The zero-order chi connectivity index (χ0) is 17.8. The van der Waals surface area contributed by atoms with Crippen LogP contribution < -0.4 is 5.32 Å². The highest BCUT2D eigenvalue weighted by atomic mass is 16.6. The van der Waals surface area contributed by atoms with E-state index in [2.05, 4.69) is 37.4 Å². The van der Waals surface area contributed by atoms with Gasteiger partial charge in [0.1, 0.15) is 6.61 Å². The predicted molar refractivity (Wildman–Crippen MR) is 94.4 cm³/mol. The van der Waals surface area contributed by atoms with Crippen LogP contribution in [0.4, 0.5) is 4.79 Å². The molecule has 2 saturated carbocycles.